The predicted octanol–water partition coefficient (Wildman–Crippen LogP) is -0.620. The first-order chi connectivity index (χ1) is 7.12. The van der Waals surface area contributed by atoms with Gasteiger partial charge in [0.1, 0.15) is 25.2 Å². The number of hydrogen-bond donors (Lipinski definition) is 0. The van der Waals surface area contributed by atoms with E-state index >= 15 is 0 Å². The monoisotopic (exact) mass is 212 g/mol. The Morgan fingerprint density at radius 3 is 3.07 bits per heavy atom. The summed E-state index contributed by atoms with van der Waals surface area (Å²) in [7, 11) is 3.85. The van der Waals surface area contributed by atoms with Gasteiger partial charge in [0.05, 0.1) is 19.3 Å². The van der Waals surface area contributed by atoms with Crippen molar-refractivity contribution in [3.63, 3.8) is 0 Å². The molecule has 5 atom stereocenters. The summed E-state index contributed by atoms with van der Waals surface area (Å²) in [5.74, 6) is 0.390. The van der Waals surface area contributed by atoms with E-state index in [1.165, 1.54) is 0 Å². The van der Waals surface area contributed by atoms with Gasteiger partial charge in [-0.2, -0.15) is 0 Å². The predicted molar refractivity (Wildman–Crippen MR) is 55.9 cm³/mol. The molecule has 4 saturated heterocycles. The molecule has 0 spiro atoms. The lowest BCUT2D eigenvalue weighted by molar-refractivity contribution is -0.136. The first kappa shape index (κ1) is 10.1. The van der Waals surface area contributed by atoms with E-state index in [-0.39, 0.29) is 23.4 Å². The molecule has 4 heterocycles. The zero-order valence-corrected chi connectivity index (χ0v) is 9.49. The van der Waals surface area contributed by atoms with E-state index in [2.05, 4.69) is 14.8 Å². The molecule has 4 fully saturated rings. The quantitative estimate of drug-likeness (QED) is 0.451. The van der Waals surface area contributed by atoms with Crippen LogP contribution in [0.1, 0.15) is 6.92 Å². The van der Waals surface area contributed by atoms with Crippen LogP contribution in [0.5, 0.6) is 0 Å². The first-order valence-corrected chi connectivity index (χ1v) is 5.55. The van der Waals surface area contributed by atoms with Crippen LogP contribution in [0.2, 0.25) is 5.82 Å². The van der Waals surface area contributed by atoms with Crippen LogP contribution in [0, 0.1) is 0 Å². The normalized spacial score (nSPS) is 57.3. The lowest BCUT2D eigenvalue weighted by Gasteiger charge is -2.35. The third kappa shape index (κ3) is 1.18. The number of methoxy groups -OCH3 is 1. The fourth-order valence-electron chi connectivity index (χ4n) is 3.17. The fraction of sp³-hybridized carbons (Fsp3) is 1.00. The van der Waals surface area contributed by atoms with Crippen molar-refractivity contribution in [2.45, 2.75) is 36.2 Å². The summed E-state index contributed by atoms with van der Waals surface area (Å²) in [4.78, 5) is 0. The largest absolute Gasteiger partial charge is 0.381 e. The average Bonchev–Trinajstić information content (AvgIpc) is 2.91. The second kappa shape index (κ2) is 2.97. The zero-order chi connectivity index (χ0) is 10.7. The third-order valence-electron chi connectivity index (χ3n) is 3.92. The van der Waals surface area contributed by atoms with Gasteiger partial charge in [0.15, 0.2) is 0 Å². The van der Waals surface area contributed by atoms with Crippen molar-refractivity contribution < 1.29 is 18.9 Å². The minimum absolute atomic E-state index is 0.146. The standard InChI is InChI=1S/C10H17BO4/c1-9-7-6(11)3-14-10(4-12-2,5-13-7)8(9)15-9/h6-8H,3-5,11H2,1-2H3/t6-,7?,8?,9?,10-/m1/s1. The van der Waals surface area contributed by atoms with Gasteiger partial charge in [-0.25, -0.2) is 0 Å². The molecule has 0 N–H and O–H groups in total. The molecule has 0 aliphatic carbocycles. The smallest absolute Gasteiger partial charge is 0.143 e. The Hall–Kier alpha value is -0.0951. The van der Waals surface area contributed by atoms with E-state index in [1.807, 2.05) is 0 Å². The molecule has 3 unspecified atom stereocenters. The summed E-state index contributed by atoms with van der Waals surface area (Å²) in [5.41, 5.74) is -0.516. The van der Waals surface area contributed by atoms with Crippen molar-refractivity contribution in [2.24, 2.45) is 0 Å². The number of hydrogen-bond acceptors (Lipinski definition) is 4. The Bertz CT molecular complexity index is 287. The Kier molecular flexibility index (Phi) is 2.00. The Labute approximate surface area is 90.6 Å². The average molecular weight is 212 g/mol. The highest BCUT2D eigenvalue weighted by molar-refractivity contribution is 6.12. The molecule has 4 rings (SSSR count). The summed E-state index contributed by atoms with van der Waals surface area (Å²) < 4.78 is 23.0. The number of ether oxygens (including phenoxy) is 4. The molecule has 84 valence electrons. The molecule has 2 bridgehead atoms. The van der Waals surface area contributed by atoms with Crippen LogP contribution in [0.3, 0.4) is 0 Å². The Morgan fingerprint density at radius 2 is 2.33 bits per heavy atom. The minimum atomic E-state index is -0.370. The number of epoxide rings is 1. The van der Waals surface area contributed by atoms with E-state index in [9.17, 15) is 0 Å². The molecule has 4 aliphatic rings. The topological polar surface area (TPSA) is 40.2 Å². The van der Waals surface area contributed by atoms with Crippen molar-refractivity contribution in [3.8, 4) is 0 Å². The van der Waals surface area contributed by atoms with E-state index in [0.29, 0.717) is 19.0 Å². The summed E-state index contributed by atoms with van der Waals surface area (Å²) >= 11 is 0. The third-order valence-corrected chi connectivity index (χ3v) is 3.92. The molecular weight excluding hydrogens is 195 g/mol. The highest BCUT2D eigenvalue weighted by Crippen LogP contribution is 2.56. The van der Waals surface area contributed by atoms with Crippen LogP contribution < -0.4 is 0 Å². The minimum Gasteiger partial charge on any atom is -0.381 e. The van der Waals surface area contributed by atoms with Crippen molar-refractivity contribution in [1.82, 2.24) is 0 Å². The van der Waals surface area contributed by atoms with Gasteiger partial charge in [-0.15, -0.1) is 0 Å². The molecule has 0 aromatic carbocycles. The molecule has 4 nitrogen and oxygen atoms in total. The van der Waals surface area contributed by atoms with Crippen LogP contribution in [0.15, 0.2) is 0 Å². The molecular formula is C10H17BO4. The molecule has 4 aliphatic heterocycles. The van der Waals surface area contributed by atoms with E-state index < -0.39 is 0 Å². The van der Waals surface area contributed by atoms with Crippen LogP contribution in [-0.4, -0.2) is 58.2 Å². The van der Waals surface area contributed by atoms with Crippen LogP contribution in [0.25, 0.3) is 0 Å². The van der Waals surface area contributed by atoms with E-state index in [0.717, 1.165) is 6.61 Å². The fourth-order valence-corrected chi connectivity index (χ4v) is 3.17. The molecule has 0 saturated carbocycles. The van der Waals surface area contributed by atoms with Gasteiger partial charge < -0.3 is 18.9 Å². The van der Waals surface area contributed by atoms with Crippen molar-refractivity contribution in [3.05, 3.63) is 0 Å². The highest BCUT2D eigenvalue weighted by Gasteiger charge is 2.73. The maximum Gasteiger partial charge on any atom is 0.143 e. The molecule has 0 amide bonds. The lowest BCUT2D eigenvalue weighted by atomic mass is 9.75. The summed E-state index contributed by atoms with van der Waals surface area (Å²) in [6, 6.07) is 0. The van der Waals surface area contributed by atoms with Gasteiger partial charge in [-0.1, -0.05) is 0 Å². The van der Waals surface area contributed by atoms with Gasteiger partial charge in [0.2, 0.25) is 0 Å². The lowest BCUT2D eigenvalue weighted by Crippen LogP contribution is -2.54. The molecule has 0 radical (unpaired) electrons. The Balaban J connectivity index is 1.93. The highest BCUT2D eigenvalue weighted by atomic mass is 16.7. The van der Waals surface area contributed by atoms with Crippen LogP contribution >= 0.6 is 0 Å². The summed E-state index contributed by atoms with van der Waals surface area (Å²) in [5, 5.41) is 0. The summed E-state index contributed by atoms with van der Waals surface area (Å²) in [6.07, 6.45) is 0.323. The van der Waals surface area contributed by atoms with Crippen molar-refractivity contribution >= 4 is 7.85 Å². The van der Waals surface area contributed by atoms with E-state index in [1.54, 1.807) is 7.11 Å². The second-order valence-electron chi connectivity index (χ2n) is 5.20. The molecule has 5 heteroatoms. The maximum absolute atomic E-state index is 5.98. The van der Waals surface area contributed by atoms with Crippen LogP contribution in [-0.2, 0) is 18.9 Å². The van der Waals surface area contributed by atoms with Gasteiger partial charge >= 0.3 is 0 Å². The number of fused-ring (bicyclic) bond motifs is 3. The van der Waals surface area contributed by atoms with Gasteiger partial charge in [-0.05, 0) is 12.7 Å². The molecule has 0 aromatic heterocycles. The van der Waals surface area contributed by atoms with E-state index in [4.69, 9.17) is 18.9 Å². The van der Waals surface area contributed by atoms with Gasteiger partial charge in [0, 0.05) is 13.7 Å². The second-order valence-corrected chi connectivity index (χ2v) is 5.20. The molecule has 15 heavy (non-hydrogen) atoms. The maximum atomic E-state index is 5.98. The van der Waals surface area contributed by atoms with Gasteiger partial charge in [-0.3, -0.25) is 0 Å². The first-order valence-electron chi connectivity index (χ1n) is 5.55. The van der Waals surface area contributed by atoms with Crippen LogP contribution in [0.4, 0.5) is 0 Å². The summed E-state index contributed by atoms with van der Waals surface area (Å²) in [6.45, 7) is 4.00. The molecule has 0 aromatic rings. The Morgan fingerprint density at radius 1 is 1.53 bits per heavy atom. The van der Waals surface area contributed by atoms with Gasteiger partial charge in [0.25, 0.3) is 0 Å². The van der Waals surface area contributed by atoms with Crippen molar-refractivity contribution in [2.75, 3.05) is 26.9 Å². The number of rotatable bonds is 2. The zero-order valence-electron chi connectivity index (χ0n) is 9.49. The van der Waals surface area contributed by atoms with Crippen molar-refractivity contribution in [1.29, 1.82) is 0 Å². The SMILES string of the molecule is B[C@@H]1CO[C@]2(COC)COC1C1(C)OC12.